The number of hydrogen-bond donors (Lipinski definition) is 4. The van der Waals surface area contributed by atoms with Gasteiger partial charge in [0.25, 0.3) is 0 Å². The second-order valence-corrected chi connectivity index (χ2v) is 14.6. The van der Waals surface area contributed by atoms with Crippen LogP contribution in [-0.4, -0.2) is 94.9 Å². The quantitative estimate of drug-likeness (QED) is 0.113. The van der Waals surface area contributed by atoms with Crippen LogP contribution in [0.25, 0.3) is 33.6 Å². The Labute approximate surface area is 314 Å². The lowest BCUT2D eigenvalue weighted by Crippen LogP contribution is -2.47. The maximum absolute atomic E-state index is 13.8. The van der Waals surface area contributed by atoms with Crippen LogP contribution in [0.15, 0.2) is 85.5 Å². The Morgan fingerprint density at radius 2 is 1.26 bits per heavy atom. The Bertz CT molecular complexity index is 2080. The zero-order valence-corrected chi connectivity index (χ0v) is 31.1. The number of likely N-dealkylation sites (tertiary alicyclic amines) is 2. The SMILES string of the molecule is CC(C)[C@H](Nc1cccnc1)C(=O)N1CCC[C@H]1c1ncc(-c2ccc(-c3ccc(-c4cnc([C@@H]5CCCN5C(=O)[C@H](C)N(C)C(=O)O)[nH]4)cc3)cc2)[nH]1. The Balaban J connectivity index is 0.999. The molecule has 13 nitrogen and oxygen atoms in total. The standard InChI is InChI=1S/C41H47N9O4/c1-25(2)36(45-31-8-5-19-42-22-31)40(52)50-21-7-10-35(50)38-44-24-33(47-38)30-17-13-28(14-18-30)27-11-15-29(16-12-27)32-23-43-37(46-32)34-9-6-20-49(34)39(51)26(3)48(4)41(53)54/h5,8,11-19,22-26,34-36,45H,6-7,9-10,20-21H2,1-4H3,(H,43,46)(H,44,47)(H,53,54)/t26-,34-,35-,36-/m0/s1. The molecule has 280 valence electrons. The lowest BCUT2D eigenvalue weighted by Gasteiger charge is -2.30. The van der Waals surface area contributed by atoms with Crippen LogP contribution in [0.1, 0.15) is 70.2 Å². The number of carboxylic acid groups (broad SMARTS) is 1. The number of imidazole rings is 2. The normalized spacial score (nSPS) is 18.2. The molecule has 0 aliphatic carbocycles. The topological polar surface area (TPSA) is 163 Å². The molecule has 4 N–H and O–H groups in total. The summed E-state index contributed by atoms with van der Waals surface area (Å²) in [4.78, 5) is 63.6. The Morgan fingerprint density at radius 3 is 1.72 bits per heavy atom. The fraction of sp³-hybridized carbons (Fsp3) is 0.366. The van der Waals surface area contributed by atoms with E-state index >= 15 is 0 Å². The fourth-order valence-corrected chi connectivity index (χ4v) is 7.51. The molecule has 0 spiro atoms. The minimum atomic E-state index is -1.13. The van der Waals surface area contributed by atoms with E-state index < -0.39 is 12.1 Å². The minimum absolute atomic E-state index is 0.0717. The number of amides is 3. The molecule has 2 aliphatic heterocycles. The van der Waals surface area contributed by atoms with E-state index in [-0.39, 0.29) is 35.9 Å². The lowest BCUT2D eigenvalue weighted by atomic mass is 10.0. The third kappa shape index (κ3) is 7.43. The average Bonchev–Trinajstić information content (AvgIpc) is 4.03. The zero-order chi connectivity index (χ0) is 37.9. The molecule has 13 heteroatoms. The predicted molar refractivity (Wildman–Crippen MR) is 206 cm³/mol. The van der Waals surface area contributed by atoms with Crippen molar-refractivity contribution >= 4 is 23.6 Å². The molecule has 2 aromatic carbocycles. The summed E-state index contributed by atoms with van der Waals surface area (Å²) in [5, 5.41) is 12.7. The van der Waals surface area contributed by atoms with Crippen molar-refractivity contribution in [1.82, 2.24) is 39.6 Å². The summed E-state index contributed by atoms with van der Waals surface area (Å²) in [6.45, 7) is 6.99. The third-order valence-electron chi connectivity index (χ3n) is 10.8. The average molecular weight is 730 g/mol. The second kappa shape index (κ2) is 15.6. The van der Waals surface area contributed by atoms with Gasteiger partial charge in [0.05, 0.1) is 41.6 Å². The molecule has 3 aromatic heterocycles. The minimum Gasteiger partial charge on any atom is -0.465 e. The number of carbonyl (C=O) groups is 3. The van der Waals surface area contributed by atoms with Crippen LogP contribution in [0.3, 0.4) is 0 Å². The molecule has 2 aliphatic rings. The number of benzene rings is 2. The molecule has 2 saturated heterocycles. The Morgan fingerprint density at radius 1 is 0.759 bits per heavy atom. The van der Waals surface area contributed by atoms with Gasteiger partial charge < -0.3 is 30.2 Å². The van der Waals surface area contributed by atoms with Gasteiger partial charge in [0.15, 0.2) is 0 Å². The number of nitrogens with zero attached hydrogens (tertiary/aromatic N) is 6. The second-order valence-electron chi connectivity index (χ2n) is 14.6. The van der Waals surface area contributed by atoms with Gasteiger partial charge in [0.2, 0.25) is 11.8 Å². The smallest absolute Gasteiger partial charge is 0.407 e. The number of likely N-dealkylation sites (N-methyl/N-ethyl adjacent to an activating group) is 1. The van der Waals surface area contributed by atoms with Crippen molar-refractivity contribution in [3.05, 3.63) is 97.1 Å². The van der Waals surface area contributed by atoms with Crippen molar-refractivity contribution in [3.8, 4) is 33.6 Å². The predicted octanol–water partition coefficient (Wildman–Crippen LogP) is 6.99. The Hall–Kier alpha value is -5.98. The molecule has 7 rings (SSSR count). The monoisotopic (exact) mass is 729 g/mol. The van der Waals surface area contributed by atoms with Gasteiger partial charge in [-0.15, -0.1) is 0 Å². The summed E-state index contributed by atoms with van der Waals surface area (Å²) in [6.07, 6.45) is 9.34. The molecule has 0 radical (unpaired) electrons. The molecule has 4 atom stereocenters. The van der Waals surface area contributed by atoms with Gasteiger partial charge in [-0.25, -0.2) is 14.8 Å². The molecule has 54 heavy (non-hydrogen) atoms. The maximum atomic E-state index is 13.8. The molecular weight excluding hydrogens is 683 g/mol. The van der Waals surface area contributed by atoms with Crippen LogP contribution in [0, 0.1) is 5.92 Å². The van der Waals surface area contributed by atoms with Crippen LogP contribution in [0.2, 0.25) is 0 Å². The molecule has 0 saturated carbocycles. The molecule has 0 unspecified atom stereocenters. The number of nitrogens with one attached hydrogen (secondary N) is 3. The van der Waals surface area contributed by atoms with Crippen molar-refractivity contribution in [2.24, 2.45) is 5.92 Å². The lowest BCUT2D eigenvalue weighted by molar-refractivity contribution is -0.136. The first-order chi connectivity index (χ1) is 26.1. The highest BCUT2D eigenvalue weighted by Gasteiger charge is 2.38. The first-order valence-electron chi connectivity index (χ1n) is 18.6. The van der Waals surface area contributed by atoms with Crippen LogP contribution in [0.5, 0.6) is 0 Å². The summed E-state index contributed by atoms with van der Waals surface area (Å²) < 4.78 is 0. The van der Waals surface area contributed by atoms with Gasteiger partial charge in [-0.3, -0.25) is 19.5 Å². The summed E-state index contributed by atoms with van der Waals surface area (Å²) in [5.74, 6) is 1.45. The fourth-order valence-electron chi connectivity index (χ4n) is 7.51. The Kier molecular flexibility index (Phi) is 10.5. The molecule has 2 fully saturated rings. The van der Waals surface area contributed by atoms with Gasteiger partial charge in [-0.05, 0) is 72.9 Å². The van der Waals surface area contributed by atoms with Crippen molar-refractivity contribution in [2.75, 3.05) is 25.5 Å². The van der Waals surface area contributed by atoms with Crippen LogP contribution in [-0.2, 0) is 9.59 Å². The molecule has 5 heterocycles. The van der Waals surface area contributed by atoms with E-state index in [1.807, 2.05) is 35.4 Å². The van der Waals surface area contributed by atoms with Crippen LogP contribution in [0.4, 0.5) is 10.5 Å². The highest BCUT2D eigenvalue weighted by molar-refractivity contribution is 5.86. The van der Waals surface area contributed by atoms with E-state index in [0.717, 1.165) is 75.7 Å². The summed E-state index contributed by atoms with van der Waals surface area (Å²) >= 11 is 0. The van der Waals surface area contributed by atoms with Gasteiger partial charge in [-0.1, -0.05) is 62.4 Å². The molecular formula is C41H47N9O4. The number of anilines is 1. The third-order valence-corrected chi connectivity index (χ3v) is 10.8. The largest absolute Gasteiger partial charge is 0.465 e. The number of aromatic nitrogens is 5. The maximum Gasteiger partial charge on any atom is 0.407 e. The van der Waals surface area contributed by atoms with E-state index in [1.54, 1.807) is 30.4 Å². The zero-order valence-electron chi connectivity index (χ0n) is 31.1. The van der Waals surface area contributed by atoms with Crippen LogP contribution < -0.4 is 5.32 Å². The highest BCUT2D eigenvalue weighted by atomic mass is 16.4. The van der Waals surface area contributed by atoms with E-state index in [4.69, 9.17) is 4.98 Å². The van der Waals surface area contributed by atoms with E-state index in [0.29, 0.717) is 18.9 Å². The van der Waals surface area contributed by atoms with Gasteiger partial charge >= 0.3 is 6.09 Å². The van der Waals surface area contributed by atoms with E-state index in [2.05, 4.69) is 75.5 Å². The summed E-state index contributed by atoms with van der Waals surface area (Å²) in [6, 6.07) is 18.9. The number of pyridine rings is 1. The van der Waals surface area contributed by atoms with Crippen LogP contribution >= 0.6 is 0 Å². The van der Waals surface area contributed by atoms with E-state index in [1.165, 1.54) is 7.05 Å². The number of aromatic amines is 2. The first kappa shape index (κ1) is 36.4. The number of rotatable bonds is 11. The van der Waals surface area contributed by atoms with Crippen molar-refractivity contribution in [3.63, 3.8) is 0 Å². The van der Waals surface area contributed by atoms with Crippen molar-refractivity contribution < 1.29 is 19.5 Å². The molecule has 5 aromatic rings. The number of hydrogen-bond acceptors (Lipinski definition) is 7. The van der Waals surface area contributed by atoms with E-state index in [9.17, 15) is 19.5 Å². The summed E-state index contributed by atoms with van der Waals surface area (Å²) in [7, 11) is 1.41. The van der Waals surface area contributed by atoms with Gasteiger partial charge in [0, 0.05) is 32.5 Å². The van der Waals surface area contributed by atoms with Crippen molar-refractivity contribution in [2.45, 2.75) is 70.6 Å². The first-order valence-corrected chi connectivity index (χ1v) is 18.6. The van der Waals surface area contributed by atoms with Gasteiger partial charge in [-0.2, -0.15) is 0 Å². The molecule has 0 bridgehead atoms. The summed E-state index contributed by atoms with van der Waals surface area (Å²) in [5.41, 5.74) is 6.71. The number of carbonyl (C=O) groups excluding carboxylic acids is 2. The van der Waals surface area contributed by atoms with Crippen molar-refractivity contribution in [1.29, 1.82) is 0 Å². The number of H-pyrrole nitrogens is 2. The van der Waals surface area contributed by atoms with Gasteiger partial charge in [0.1, 0.15) is 23.7 Å². The molecule has 3 amide bonds. The highest BCUT2D eigenvalue weighted by Crippen LogP contribution is 2.35.